The van der Waals surface area contributed by atoms with Gasteiger partial charge in [-0.15, -0.1) is 0 Å². The van der Waals surface area contributed by atoms with Crippen molar-refractivity contribution in [3.8, 4) is 5.75 Å². The fourth-order valence-electron chi connectivity index (χ4n) is 2.35. The van der Waals surface area contributed by atoms with Crippen LogP contribution < -0.4 is 10.2 Å². The molecule has 8 heteroatoms. The molecule has 0 aliphatic rings. The van der Waals surface area contributed by atoms with Crippen molar-refractivity contribution in [2.45, 2.75) is 32.6 Å². The molecule has 1 N–H and O–H groups in total. The van der Waals surface area contributed by atoms with Crippen LogP contribution in [0.15, 0.2) is 45.9 Å². The van der Waals surface area contributed by atoms with Crippen LogP contribution in [0.1, 0.15) is 43.9 Å². The minimum Gasteiger partial charge on any atom is -0.484 e. The maximum atomic E-state index is 11.7. The van der Waals surface area contributed by atoms with Gasteiger partial charge < -0.3 is 9.15 Å². The lowest BCUT2D eigenvalue weighted by molar-refractivity contribution is -0.402. The van der Waals surface area contributed by atoms with Gasteiger partial charge in [0.05, 0.1) is 12.3 Å². The van der Waals surface area contributed by atoms with Crippen LogP contribution in [-0.4, -0.2) is 23.7 Å². The van der Waals surface area contributed by atoms with E-state index in [1.807, 2.05) is 24.3 Å². The number of hydrazone groups is 1. The Morgan fingerprint density at radius 2 is 2.08 bits per heavy atom. The zero-order chi connectivity index (χ0) is 18.9. The lowest BCUT2D eigenvalue weighted by atomic mass is 9.97. The molecule has 0 spiro atoms. The van der Waals surface area contributed by atoms with E-state index in [4.69, 9.17) is 9.15 Å². The summed E-state index contributed by atoms with van der Waals surface area (Å²) in [6, 6.07) is 10.2. The maximum absolute atomic E-state index is 11.7. The van der Waals surface area contributed by atoms with Gasteiger partial charge in [0, 0.05) is 0 Å². The van der Waals surface area contributed by atoms with Crippen LogP contribution in [0, 0.1) is 10.1 Å². The first-order chi connectivity index (χ1) is 12.5. The predicted molar refractivity (Wildman–Crippen MR) is 96.4 cm³/mol. The Balaban J connectivity index is 1.77. The molecule has 2 aromatic rings. The number of carbonyl (C=O) groups excluding carboxylic acids is 1. The molecule has 1 amide bonds. The molecule has 0 saturated heterocycles. The molecule has 0 aliphatic heterocycles. The van der Waals surface area contributed by atoms with Crippen molar-refractivity contribution >= 4 is 18.0 Å². The van der Waals surface area contributed by atoms with Crippen LogP contribution in [-0.2, 0) is 4.79 Å². The monoisotopic (exact) mass is 359 g/mol. The maximum Gasteiger partial charge on any atom is 0.433 e. The van der Waals surface area contributed by atoms with E-state index in [1.54, 1.807) is 0 Å². The summed E-state index contributed by atoms with van der Waals surface area (Å²) in [4.78, 5) is 21.5. The molecule has 8 nitrogen and oxygen atoms in total. The number of nitrogens with zero attached hydrogens (tertiary/aromatic N) is 2. The first kappa shape index (κ1) is 19.2. The molecular weight excluding hydrogens is 338 g/mol. The largest absolute Gasteiger partial charge is 0.484 e. The molecule has 138 valence electrons. The summed E-state index contributed by atoms with van der Waals surface area (Å²) >= 11 is 0. The quantitative estimate of drug-likeness (QED) is 0.418. The Hall–Kier alpha value is -3.16. The molecular formula is C18H21N3O5. The summed E-state index contributed by atoms with van der Waals surface area (Å²) in [5, 5.41) is 14.2. The van der Waals surface area contributed by atoms with E-state index in [-0.39, 0.29) is 12.4 Å². The second kappa shape index (κ2) is 9.36. The molecule has 0 radical (unpaired) electrons. The van der Waals surface area contributed by atoms with Crippen LogP contribution >= 0.6 is 0 Å². The van der Waals surface area contributed by atoms with E-state index in [0.29, 0.717) is 11.7 Å². The topological polar surface area (TPSA) is 107 Å². The molecule has 1 unspecified atom stereocenters. The van der Waals surface area contributed by atoms with Crippen LogP contribution in [0.3, 0.4) is 0 Å². The van der Waals surface area contributed by atoms with Crippen molar-refractivity contribution in [3.63, 3.8) is 0 Å². The highest BCUT2D eigenvalue weighted by Crippen LogP contribution is 2.22. The summed E-state index contributed by atoms with van der Waals surface area (Å²) in [6.07, 6.45) is 3.43. The highest BCUT2D eigenvalue weighted by molar-refractivity contribution is 5.81. The summed E-state index contributed by atoms with van der Waals surface area (Å²) in [5.74, 6) is 0.403. The number of carbonyl (C=O) groups is 1. The number of furan rings is 1. The Morgan fingerprint density at radius 3 is 2.69 bits per heavy atom. The fourth-order valence-corrected chi connectivity index (χ4v) is 2.35. The molecule has 1 atom stereocenters. The van der Waals surface area contributed by atoms with E-state index in [2.05, 4.69) is 24.4 Å². The minimum atomic E-state index is -0.655. The summed E-state index contributed by atoms with van der Waals surface area (Å²) < 4.78 is 10.3. The van der Waals surface area contributed by atoms with Gasteiger partial charge >= 0.3 is 5.88 Å². The first-order valence-corrected chi connectivity index (χ1v) is 8.28. The number of nitro groups is 1. The van der Waals surface area contributed by atoms with Crippen LogP contribution in [0.5, 0.6) is 5.75 Å². The van der Waals surface area contributed by atoms with Crippen LogP contribution in [0.25, 0.3) is 0 Å². The van der Waals surface area contributed by atoms with E-state index in [9.17, 15) is 14.9 Å². The summed E-state index contributed by atoms with van der Waals surface area (Å²) in [7, 11) is 0. The molecule has 1 aromatic heterocycles. The van der Waals surface area contributed by atoms with Crippen LogP contribution in [0.4, 0.5) is 5.88 Å². The summed E-state index contributed by atoms with van der Waals surface area (Å²) in [5.41, 5.74) is 3.50. The average molecular weight is 359 g/mol. The zero-order valence-corrected chi connectivity index (χ0v) is 14.7. The van der Waals surface area contributed by atoms with Crippen LogP contribution in [0.2, 0.25) is 0 Å². The molecule has 2 rings (SSSR count). The second-order valence-corrected chi connectivity index (χ2v) is 5.77. The Morgan fingerprint density at radius 1 is 1.35 bits per heavy atom. The smallest absolute Gasteiger partial charge is 0.433 e. The standard InChI is InChI=1S/C18H21N3O5/c1-3-4-13(2)14-5-7-15(8-6-14)25-12-17(22)20-19-11-16-9-10-18(26-16)21(23)24/h5-11,13H,3-4,12H2,1-2H3,(H,20,22)/b19-11+. The second-order valence-electron chi connectivity index (χ2n) is 5.77. The average Bonchev–Trinajstić information content (AvgIpc) is 3.10. The SMILES string of the molecule is CCCC(C)c1ccc(OCC(=O)N/N=C/c2ccc([N+](=O)[O-])o2)cc1. The van der Waals surface area contributed by atoms with Gasteiger partial charge in [0.1, 0.15) is 10.7 Å². The number of nitrogens with one attached hydrogen (secondary N) is 1. The van der Waals surface area contributed by atoms with Gasteiger partial charge in [0.25, 0.3) is 5.91 Å². The third kappa shape index (κ3) is 5.73. The summed E-state index contributed by atoms with van der Waals surface area (Å²) in [6.45, 7) is 4.14. The Labute approximate surface area is 151 Å². The number of hydrogen-bond donors (Lipinski definition) is 1. The first-order valence-electron chi connectivity index (χ1n) is 8.28. The van der Waals surface area contributed by atoms with Crippen molar-refractivity contribution in [1.82, 2.24) is 5.43 Å². The lowest BCUT2D eigenvalue weighted by Gasteiger charge is -2.11. The van der Waals surface area contributed by atoms with Gasteiger partial charge in [-0.2, -0.15) is 5.10 Å². The predicted octanol–water partition coefficient (Wildman–Crippen LogP) is 3.62. The third-order valence-electron chi connectivity index (χ3n) is 3.71. The molecule has 0 fully saturated rings. The van der Waals surface area contributed by atoms with Gasteiger partial charge in [-0.3, -0.25) is 14.9 Å². The highest BCUT2D eigenvalue weighted by Gasteiger charge is 2.10. The number of hydrogen-bond acceptors (Lipinski definition) is 6. The number of amides is 1. The highest BCUT2D eigenvalue weighted by atomic mass is 16.6. The van der Waals surface area contributed by atoms with Crippen molar-refractivity contribution in [3.05, 3.63) is 57.8 Å². The van der Waals surface area contributed by atoms with Crippen molar-refractivity contribution in [2.75, 3.05) is 6.61 Å². The number of benzene rings is 1. The van der Waals surface area contributed by atoms with Crippen molar-refractivity contribution in [2.24, 2.45) is 5.10 Å². The van der Waals surface area contributed by atoms with Gasteiger partial charge in [-0.1, -0.05) is 32.4 Å². The fraction of sp³-hybridized carbons (Fsp3) is 0.333. The van der Waals surface area contributed by atoms with Gasteiger partial charge in [0.15, 0.2) is 12.4 Å². The Kier molecular flexibility index (Phi) is 6.90. The molecule has 1 aromatic carbocycles. The normalized spacial score (nSPS) is 12.1. The molecule has 26 heavy (non-hydrogen) atoms. The molecule has 0 aliphatic carbocycles. The zero-order valence-electron chi connectivity index (χ0n) is 14.7. The number of ether oxygens (including phenoxy) is 1. The molecule has 0 saturated carbocycles. The molecule has 0 bridgehead atoms. The van der Waals surface area contributed by atoms with Crippen molar-refractivity contribution in [1.29, 1.82) is 0 Å². The van der Waals surface area contributed by atoms with Crippen molar-refractivity contribution < 1.29 is 18.9 Å². The van der Waals surface area contributed by atoms with E-state index in [1.165, 1.54) is 23.9 Å². The minimum absolute atomic E-state index is 0.162. The van der Waals surface area contributed by atoms with Gasteiger partial charge in [-0.05, 0) is 36.1 Å². The van der Waals surface area contributed by atoms with Gasteiger partial charge in [-0.25, -0.2) is 5.43 Å². The molecule has 1 heterocycles. The van der Waals surface area contributed by atoms with Gasteiger partial charge in [0.2, 0.25) is 0 Å². The third-order valence-corrected chi connectivity index (χ3v) is 3.71. The Bertz CT molecular complexity index is 767. The van der Waals surface area contributed by atoms with E-state index >= 15 is 0 Å². The lowest BCUT2D eigenvalue weighted by Crippen LogP contribution is -2.24. The number of rotatable bonds is 9. The van der Waals surface area contributed by atoms with E-state index in [0.717, 1.165) is 12.8 Å². The van der Waals surface area contributed by atoms with E-state index < -0.39 is 16.7 Å².